The fraction of sp³-hybridized carbons (Fsp3) is 0.263. The van der Waals surface area contributed by atoms with Crippen LogP contribution in [0.3, 0.4) is 0 Å². The van der Waals surface area contributed by atoms with Crippen LogP contribution < -0.4 is 10.2 Å². The van der Waals surface area contributed by atoms with Crippen molar-refractivity contribution in [2.45, 2.75) is 24.7 Å². The lowest BCUT2D eigenvalue weighted by Crippen LogP contribution is -2.35. The van der Waals surface area contributed by atoms with Crippen LogP contribution in [-0.2, 0) is 14.8 Å². The Hall–Kier alpha value is -2.03. The SMILES string of the molecule is CCCCN1C(SCC(=O)Nc2ccc(Cl)cc2)=NS(=O)(=O)c2ccccc21. The number of nitrogens with one attached hydrogen (secondary N) is 1. The smallest absolute Gasteiger partial charge is 0.286 e. The number of rotatable bonds is 6. The van der Waals surface area contributed by atoms with E-state index in [1.165, 1.54) is 0 Å². The molecular weight excluding hydrogens is 418 g/mol. The summed E-state index contributed by atoms with van der Waals surface area (Å²) in [5, 5.41) is 3.67. The fourth-order valence-electron chi connectivity index (χ4n) is 2.70. The van der Waals surface area contributed by atoms with Crippen LogP contribution in [0.2, 0.25) is 5.02 Å². The maximum Gasteiger partial charge on any atom is 0.286 e. The summed E-state index contributed by atoms with van der Waals surface area (Å²) in [5.41, 5.74) is 1.23. The van der Waals surface area contributed by atoms with E-state index in [4.69, 9.17) is 11.6 Å². The van der Waals surface area contributed by atoms with E-state index in [1.54, 1.807) is 48.5 Å². The number of hydrogen-bond acceptors (Lipinski definition) is 5. The third-order valence-electron chi connectivity index (χ3n) is 4.06. The van der Waals surface area contributed by atoms with Crippen LogP contribution in [0.4, 0.5) is 11.4 Å². The predicted molar refractivity (Wildman–Crippen MR) is 116 cm³/mol. The number of thioether (sulfide) groups is 1. The zero-order valence-electron chi connectivity index (χ0n) is 15.3. The molecule has 0 fully saturated rings. The summed E-state index contributed by atoms with van der Waals surface area (Å²) in [6, 6.07) is 13.6. The standard InChI is InChI=1S/C19H20ClN3O3S2/c1-2-3-12-23-16-6-4-5-7-17(16)28(25,26)22-19(23)27-13-18(24)21-15-10-8-14(20)9-11-15/h4-11H,2-3,12-13H2,1H3,(H,21,24). The molecule has 1 aliphatic heterocycles. The van der Waals surface area contributed by atoms with Gasteiger partial charge in [-0.25, -0.2) is 0 Å². The first-order valence-electron chi connectivity index (χ1n) is 8.80. The zero-order chi connectivity index (χ0) is 20.1. The van der Waals surface area contributed by atoms with Gasteiger partial charge in [-0.05, 0) is 42.8 Å². The third-order valence-corrected chi connectivity index (χ3v) is 6.72. The molecule has 1 heterocycles. The van der Waals surface area contributed by atoms with E-state index in [-0.39, 0.29) is 16.6 Å². The van der Waals surface area contributed by atoms with Crippen molar-refractivity contribution in [3.63, 3.8) is 0 Å². The summed E-state index contributed by atoms with van der Waals surface area (Å²) < 4.78 is 29.0. The Kier molecular flexibility index (Phi) is 6.64. The van der Waals surface area contributed by atoms with Gasteiger partial charge in [0.2, 0.25) is 5.91 Å². The number of sulfonamides is 1. The molecule has 0 saturated carbocycles. The van der Waals surface area contributed by atoms with Gasteiger partial charge in [-0.15, -0.1) is 4.40 Å². The molecule has 0 saturated heterocycles. The van der Waals surface area contributed by atoms with E-state index < -0.39 is 10.0 Å². The van der Waals surface area contributed by atoms with Gasteiger partial charge in [0.25, 0.3) is 10.0 Å². The molecule has 9 heteroatoms. The maximum atomic E-state index is 12.5. The maximum absolute atomic E-state index is 12.5. The number of amides is 1. The van der Waals surface area contributed by atoms with Gasteiger partial charge in [-0.1, -0.05) is 48.8 Å². The summed E-state index contributed by atoms with van der Waals surface area (Å²) in [5.74, 6) is -0.205. The molecule has 3 rings (SSSR count). The van der Waals surface area contributed by atoms with Crippen molar-refractivity contribution in [3.8, 4) is 0 Å². The molecule has 148 valence electrons. The van der Waals surface area contributed by atoms with Gasteiger partial charge in [-0.3, -0.25) is 4.79 Å². The largest absolute Gasteiger partial charge is 0.325 e. The molecule has 0 bridgehead atoms. The van der Waals surface area contributed by atoms with E-state index in [9.17, 15) is 13.2 Å². The molecule has 2 aromatic rings. The summed E-state index contributed by atoms with van der Waals surface area (Å²) in [4.78, 5) is 14.4. The number of para-hydroxylation sites is 1. The Morgan fingerprint density at radius 3 is 2.61 bits per heavy atom. The topological polar surface area (TPSA) is 78.8 Å². The number of unbranched alkanes of at least 4 members (excludes halogenated alkanes) is 1. The lowest BCUT2D eigenvalue weighted by Gasteiger charge is -2.30. The number of hydrogen-bond donors (Lipinski definition) is 1. The molecule has 0 atom stereocenters. The van der Waals surface area contributed by atoms with Crippen LogP contribution in [0.5, 0.6) is 0 Å². The number of carbonyl (C=O) groups excluding carboxylic acids is 1. The van der Waals surface area contributed by atoms with Gasteiger partial charge in [0, 0.05) is 17.3 Å². The Bertz CT molecular complexity index is 992. The highest BCUT2D eigenvalue weighted by molar-refractivity contribution is 8.15. The van der Waals surface area contributed by atoms with Gasteiger partial charge in [0.1, 0.15) is 4.90 Å². The molecular formula is C19H20ClN3O3S2. The Morgan fingerprint density at radius 1 is 1.18 bits per heavy atom. The average Bonchev–Trinajstić information content (AvgIpc) is 2.67. The molecule has 2 aromatic carbocycles. The Labute approximate surface area is 174 Å². The van der Waals surface area contributed by atoms with Crippen molar-refractivity contribution >= 4 is 55.8 Å². The lowest BCUT2D eigenvalue weighted by atomic mass is 10.2. The second-order valence-corrected chi connectivity index (χ2v) is 9.12. The summed E-state index contributed by atoms with van der Waals surface area (Å²) >= 11 is 6.95. The van der Waals surface area contributed by atoms with E-state index in [0.717, 1.165) is 24.6 Å². The van der Waals surface area contributed by atoms with Crippen molar-refractivity contribution in [1.29, 1.82) is 0 Å². The number of fused-ring (bicyclic) bond motifs is 1. The molecule has 0 radical (unpaired) electrons. The molecule has 1 amide bonds. The number of amidine groups is 1. The fourth-order valence-corrected chi connectivity index (χ4v) is 5.10. The van der Waals surface area contributed by atoms with E-state index in [0.29, 0.717) is 28.1 Å². The van der Waals surface area contributed by atoms with Gasteiger partial charge in [0.15, 0.2) is 5.17 Å². The summed E-state index contributed by atoms with van der Waals surface area (Å²) in [6.07, 6.45) is 1.84. The normalized spacial score (nSPS) is 14.9. The van der Waals surface area contributed by atoms with Crippen LogP contribution in [0.1, 0.15) is 19.8 Å². The van der Waals surface area contributed by atoms with Gasteiger partial charge in [0.05, 0.1) is 11.4 Å². The minimum absolute atomic E-state index is 0.0434. The molecule has 0 unspecified atom stereocenters. The highest BCUT2D eigenvalue weighted by Gasteiger charge is 2.30. The van der Waals surface area contributed by atoms with Crippen molar-refractivity contribution in [3.05, 3.63) is 53.6 Å². The van der Waals surface area contributed by atoms with Crippen LogP contribution in [0.25, 0.3) is 0 Å². The van der Waals surface area contributed by atoms with Crippen LogP contribution in [-0.4, -0.2) is 31.8 Å². The monoisotopic (exact) mass is 437 g/mol. The predicted octanol–water partition coefficient (Wildman–Crippen LogP) is 4.38. The first-order valence-corrected chi connectivity index (χ1v) is 11.6. The number of anilines is 2. The highest BCUT2D eigenvalue weighted by Crippen LogP contribution is 2.34. The molecule has 28 heavy (non-hydrogen) atoms. The van der Waals surface area contributed by atoms with Gasteiger partial charge >= 0.3 is 0 Å². The Morgan fingerprint density at radius 2 is 1.89 bits per heavy atom. The number of carbonyl (C=O) groups is 1. The number of benzene rings is 2. The number of halogens is 1. The number of nitrogens with zero attached hydrogens (tertiary/aromatic N) is 2. The van der Waals surface area contributed by atoms with E-state index >= 15 is 0 Å². The molecule has 1 aliphatic rings. The van der Waals surface area contributed by atoms with Gasteiger partial charge < -0.3 is 10.2 Å². The molecule has 0 aromatic heterocycles. The molecule has 0 aliphatic carbocycles. The summed E-state index contributed by atoms with van der Waals surface area (Å²) in [7, 11) is -3.78. The van der Waals surface area contributed by atoms with Crippen molar-refractivity contribution in [2.24, 2.45) is 4.40 Å². The van der Waals surface area contributed by atoms with Crippen molar-refractivity contribution < 1.29 is 13.2 Å². The lowest BCUT2D eigenvalue weighted by molar-refractivity contribution is -0.113. The van der Waals surface area contributed by atoms with Crippen molar-refractivity contribution in [1.82, 2.24) is 0 Å². The zero-order valence-corrected chi connectivity index (χ0v) is 17.6. The average molecular weight is 438 g/mol. The van der Waals surface area contributed by atoms with Crippen LogP contribution in [0.15, 0.2) is 57.8 Å². The second kappa shape index (κ2) is 8.98. The first-order chi connectivity index (χ1) is 13.4. The molecule has 1 N–H and O–H groups in total. The van der Waals surface area contributed by atoms with Crippen LogP contribution >= 0.6 is 23.4 Å². The first kappa shape index (κ1) is 20.7. The Balaban J connectivity index is 1.76. The molecule has 6 nitrogen and oxygen atoms in total. The van der Waals surface area contributed by atoms with Gasteiger partial charge in [-0.2, -0.15) is 8.42 Å². The van der Waals surface area contributed by atoms with E-state index in [2.05, 4.69) is 16.6 Å². The second-order valence-electron chi connectivity index (χ2n) is 6.17. The summed E-state index contributed by atoms with van der Waals surface area (Å²) in [6.45, 7) is 2.70. The quantitative estimate of drug-likeness (QED) is 0.725. The third kappa shape index (κ3) is 4.87. The molecule has 0 spiro atoms. The van der Waals surface area contributed by atoms with E-state index in [1.807, 2.05) is 4.90 Å². The van der Waals surface area contributed by atoms with Crippen molar-refractivity contribution in [2.75, 3.05) is 22.5 Å². The highest BCUT2D eigenvalue weighted by atomic mass is 35.5. The minimum atomic E-state index is -3.78. The minimum Gasteiger partial charge on any atom is -0.325 e. The van der Waals surface area contributed by atoms with Crippen LogP contribution in [0, 0.1) is 0 Å².